The number of allylic oxidation sites excluding steroid dienone is 4. The summed E-state index contributed by atoms with van der Waals surface area (Å²) in [7, 11) is 0. The van der Waals surface area contributed by atoms with E-state index in [0.29, 0.717) is 30.3 Å². The summed E-state index contributed by atoms with van der Waals surface area (Å²) in [5.74, 6) is -1.50. The van der Waals surface area contributed by atoms with E-state index in [2.05, 4.69) is 0 Å². The molecule has 5 rings (SSSR count). The molecule has 1 N–H and O–H groups in total. The standard InChI is InChI=1S/C28H25FN2O3/c1-18-24(25-14-21(29)11-12-26(25)31(18)17-27(32)33)13-20-16-30(15-19-7-3-2-4-8-19)28(34)23-10-6-5-9-22(20)23/h2-9,11-12,14,16,23H,10,13,15,17H2,1H3,(H,32,33). The van der Waals surface area contributed by atoms with Crippen molar-refractivity contribution in [3.8, 4) is 0 Å². The van der Waals surface area contributed by atoms with E-state index >= 15 is 0 Å². The van der Waals surface area contributed by atoms with Gasteiger partial charge in [-0.2, -0.15) is 0 Å². The Morgan fingerprint density at radius 2 is 1.97 bits per heavy atom. The molecule has 1 aliphatic heterocycles. The molecule has 34 heavy (non-hydrogen) atoms. The van der Waals surface area contributed by atoms with Crippen molar-refractivity contribution in [2.75, 3.05) is 0 Å². The van der Waals surface area contributed by atoms with Crippen molar-refractivity contribution in [2.24, 2.45) is 5.92 Å². The molecule has 2 heterocycles. The zero-order valence-electron chi connectivity index (χ0n) is 18.9. The van der Waals surface area contributed by atoms with Crippen LogP contribution in [0.3, 0.4) is 0 Å². The van der Waals surface area contributed by atoms with Crippen LogP contribution in [0.25, 0.3) is 10.9 Å². The third kappa shape index (κ3) is 3.96. The number of hydrogen-bond acceptors (Lipinski definition) is 2. The Hall–Kier alpha value is -3.93. The molecular formula is C28H25FN2O3. The molecule has 2 aliphatic rings. The van der Waals surface area contributed by atoms with Gasteiger partial charge in [0.25, 0.3) is 0 Å². The fourth-order valence-corrected chi connectivity index (χ4v) is 5.05. The van der Waals surface area contributed by atoms with Crippen LogP contribution in [0.4, 0.5) is 4.39 Å². The van der Waals surface area contributed by atoms with Crippen LogP contribution in [-0.2, 0) is 29.1 Å². The summed E-state index contributed by atoms with van der Waals surface area (Å²) in [6, 6.07) is 14.3. The quantitative estimate of drug-likeness (QED) is 0.558. The van der Waals surface area contributed by atoms with E-state index in [0.717, 1.165) is 28.0 Å². The van der Waals surface area contributed by atoms with E-state index in [1.165, 1.54) is 12.1 Å². The molecular weight excluding hydrogens is 431 g/mol. The molecule has 1 aliphatic carbocycles. The molecule has 1 amide bonds. The number of carbonyl (C=O) groups is 2. The highest BCUT2D eigenvalue weighted by molar-refractivity contribution is 5.89. The second-order valence-electron chi connectivity index (χ2n) is 8.83. The van der Waals surface area contributed by atoms with Gasteiger partial charge >= 0.3 is 5.97 Å². The van der Waals surface area contributed by atoms with Gasteiger partial charge in [-0.1, -0.05) is 48.6 Å². The largest absolute Gasteiger partial charge is 0.480 e. The van der Waals surface area contributed by atoms with Gasteiger partial charge in [0.1, 0.15) is 12.4 Å². The molecule has 1 aromatic heterocycles. The number of benzene rings is 2. The van der Waals surface area contributed by atoms with Gasteiger partial charge in [0.05, 0.1) is 12.5 Å². The third-order valence-electron chi connectivity index (χ3n) is 6.70. The lowest BCUT2D eigenvalue weighted by Gasteiger charge is -2.34. The summed E-state index contributed by atoms with van der Waals surface area (Å²) in [5.41, 5.74) is 5.38. The van der Waals surface area contributed by atoms with Crippen molar-refractivity contribution in [2.45, 2.75) is 32.9 Å². The third-order valence-corrected chi connectivity index (χ3v) is 6.70. The number of rotatable bonds is 6. The van der Waals surface area contributed by atoms with Crippen molar-refractivity contribution in [1.29, 1.82) is 0 Å². The molecule has 0 saturated carbocycles. The monoisotopic (exact) mass is 456 g/mol. The zero-order valence-corrected chi connectivity index (χ0v) is 18.9. The predicted octanol–water partition coefficient (Wildman–Crippen LogP) is 5.14. The molecule has 6 heteroatoms. The first kappa shape index (κ1) is 21.9. The summed E-state index contributed by atoms with van der Waals surface area (Å²) in [6.07, 6.45) is 9.00. The number of aromatic nitrogens is 1. The minimum Gasteiger partial charge on any atom is -0.480 e. The van der Waals surface area contributed by atoms with Gasteiger partial charge in [0, 0.05) is 29.2 Å². The van der Waals surface area contributed by atoms with E-state index in [-0.39, 0.29) is 24.2 Å². The first-order valence-corrected chi connectivity index (χ1v) is 11.3. The van der Waals surface area contributed by atoms with Gasteiger partial charge in [-0.05, 0) is 53.8 Å². The van der Waals surface area contributed by atoms with E-state index < -0.39 is 5.97 Å². The molecule has 0 radical (unpaired) electrons. The minimum atomic E-state index is -0.951. The zero-order chi connectivity index (χ0) is 23.8. The molecule has 0 saturated heterocycles. The maximum absolute atomic E-state index is 14.2. The highest BCUT2D eigenvalue weighted by Crippen LogP contribution is 2.38. The number of amides is 1. The summed E-state index contributed by atoms with van der Waals surface area (Å²) < 4.78 is 15.9. The lowest BCUT2D eigenvalue weighted by molar-refractivity contribution is -0.137. The molecule has 3 aromatic rings. The molecule has 2 aromatic carbocycles. The molecule has 0 fully saturated rings. The first-order valence-electron chi connectivity index (χ1n) is 11.3. The Morgan fingerprint density at radius 3 is 2.74 bits per heavy atom. The van der Waals surface area contributed by atoms with Crippen LogP contribution < -0.4 is 0 Å². The molecule has 0 spiro atoms. The van der Waals surface area contributed by atoms with Crippen LogP contribution in [0.15, 0.2) is 84.1 Å². The smallest absolute Gasteiger partial charge is 0.323 e. The van der Waals surface area contributed by atoms with Gasteiger partial charge < -0.3 is 14.6 Å². The fourth-order valence-electron chi connectivity index (χ4n) is 5.05. The summed E-state index contributed by atoms with van der Waals surface area (Å²) >= 11 is 0. The van der Waals surface area contributed by atoms with E-state index in [1.54, 1.807) is 15.5 Å². The van der Waals surface area contributed by atoms with E-state index in [1.807, 2.05) is 61.7 Å². The van der Waals surface area contributed by atoms with Crippen molar-refractivity contribution < 1.29 is 19.1 Å². The highest BCUT2D eigenvalue weighted by Gasteiger charge is 2.34. The summed E-state index contributed by atoms with van der Waals surface area (Å²) in [6.45, 7) is 2.16. The van der Waals surface area contributed by atoms with Crippen LogP contribution in [0.5, 0.6) is 0 Å². The number of aliphatic carboxylic acids is 1. The van der Waals surface area contributed by atoms with Crippen LogP contribution in [0, 0.1) is 18.7 Å². The Bertz CT molecular complexity index is 1380. The Morgan fingerprint density at radius 1 is 1.18 bits per heavy atom. The molecule has 172 valence electrons. The summed E-state index contributed by atoms with van der Waals surface area (Å²) in [5, 5.41) is 10.1. The van der Waals surface area contributed by atoms with E-state index in [4.69, 9.17) is 0 Å². The topological polar surface area (TPSA) is 62.5 Å². The average Bonchev–Trinajstić information content (AvgIpc) is 3.07. The Kier molecular flexibility index (Phi) is 5.65. The SMILES string of the molecule is Cc1c(CC2=CN(Cc3ccccc3)C(=O)C3CC=CC=C23)c2cc(F)ccc2n1CC(=O)O. The van der Waals surface area contributed by atoms with E-state index in [9.17, 15) is 19.1 Å². The Balaban J connectivity index is 1.60. The minimum absolute atomic E-state index is 0.0688. The van der Waals surface area contributed by atoms with Gasteiger partial charge in [-0.25, -0.2) is 4.39 Å². The fraction of sp³-hybridized carbons (Fsp3) is 0.214. The second-order valence-corrected chi connectivity index (χ2v) is 8.83. The highest BCUT2D eigenvalue weighted by atomic mass is 19.1. The molecule has 0 bridgehead atoms. The normalized spacial score (nSPS) is 17.5. The van der Waals surface area contributed by atoms with Crippen LogP contribution in [0.2, 0.25) is 0 Å². The maximum atomic E-state index is 14.2. The maximum Gasteiger partial charge on any atom is 0.323 e. The molecule has 1 atom stereocenters. The van der Waals surface area contributed by atoms with Gasteiger partial charge in [-0.15, -0.1) is 0 Å². The van der Waals surface area contributed by atoms with Crippen LogP contribution in [-0.4, -0.2) is 26.5 Å². The molecule has 1 unspecified atom stereocenters. The first-order chi connectivity index (χ1) is 16.4. The number of hydrogen-bond donors (Lipinski definition) is 1. The number of halogens is 1. The van der Waals surface area contributed by atoms with Crippen LogP contribution >= 0.6 is 0 Å². The summed E-state index contributed by atoms with van der Waals surface area (Å²) in [4.78, 5) is 26.6. The number of carbonyl (C=O) groups excluding carboxylic acids is 1. The van der Waals surface area contributed by atoms with Crippen molar-refractivity contribution in [1.82, 2.24) is 9.47 Å². The lowest BCUT2D eigenvalue weighted by Crippen LogP contribution is -2.38. The van der Waals surface area contributed by atoms with Crippen molar-refractivity contribution >= 4 is 22.8 Å². The van der Waals surface area contributed by atoms with Crippen LogP contribution in [0.1, 0.15) is 23.2 Å². The molecule has 5 nitrogen and oxygen atoms in total. The predicted molar refractivity (Wildman–Crippen MR) is 128 cm³/mol. The van der Waals surface area contributed by atoms with Gasteiger partial charge in [0.15, 0.2) is 0 Å². The number of carboxylic acid groups (broad SMARTS) is 1. The Labute approximate surface area is 197 Å². The average molecular weight is 457 g/mol. The number of carboxylic acids is 1. The van der Waals surface area contributed by atoms with Gasteiger partial charge in [-0.3, -0.25) is 9.59 Å². The van der Waals surface area contributed by atoms with Gasteiger partial charge in [0.2, 0.25) is 5.91 Å². The number of nitrogens with zero attached hydrogens (tertiary/aromatic N) is 2. The second kappa shape index (κ2) is 8.78. The number of fused-ring (bicyclic) bond motifs is 2. The van der Waals surface area contributed by atoms with Crippen molar-refractivity contribution in [3.63, 3.8) is 0 Å². The lowest BCUT2D eigenvalue weighted by atomic mass is 9.81. The van der Waals surface area contributed by atoms with Crippen molar-refractivity contribution in [3.05, 3.63) is 107 Å².